The van der Waals surface area contributed by atoms with Gasteiger partial charge in [-0.05, 0) is 24.3 Å². The first kappa shape index (κ1) is 24.8. The minimum atomic E-state index is -1.34. The number of hydrogen-bond donors (Lipinski definition) is 2. The first-order valence-corrected chi connectivity index (χ1v) is 10.8. The maximum absolute atomic E-state index is 13.5. The van der Waals surface area contributed by atoms with Gasteiger partial charge in [-0.25, -0.2) is 14.7 Å². The van der Waals surface area contributed by atoms with Gasteiger partial charge in [0.2, 0.25) is 11.9 Å². The van der Waals surface area contributed by atoms with Gasteiger partial charge in [0.15, 0.2) is 11.2 Å². The van der Waals surface area contributed by atoms with Crippen molar-refractivity contribution in [3.63, 3.8) is 0 Å². The van der Waals surface area contributed by atoms with E-state index in [4.69, 9.17) is 4.74 Å². The maximum atomic E-state index is 13.5. The van der Waals surface area contributed by atoms with Gasteiger partial charge in [0, 0.05) is 6.92 Å². The number of rotatable bonds is 8. The van der Waals surface area contributed by atoms with Crippen molar-refractivity contribution in [1.29, 1.82) is 0 Å². The molecule has 37 heavy (non-hydrogen) atoms. The van der Waals surface area contributed by atoms with E-state index < -0.39 is 43.0 Å². The van der Waals surface area contributed by atoms with Crippen LogP contribution in [0, 0.1) is 0 Å². The Morgan fingerprint density at radius 1 is 0.892 bits per heavy atom. The van der Waals surface area contributed by atoms with Crippen LogP contribution in [-0.4, -0.2) is 60.2 Å². The van der Waals surface area contributed by atoms with Crippen LogP contribution in [0.2, 0.25) is 0 Å². The van der Waals surface area contributed by atoms with Gasteiger partial charge in [-0.2, -0.15) is 9.97 Å². The van der Waals surface area contributed by atoms with Gasteiger partial charge in [-0.15, -0.1) is 0 Å². The van der Waals surface area contributed by atoms with Gasteiger partial charge in [0.05, 0.1) is 17.7 Å². The van der Waals surface area contributed by atoms with Crippen LogP contribution in [0.25, 0.3) is 11.2 Å². The van der Waals surface area contributed by atoms with Crippen molar-refractivity contribution in [3.05, 3.63) is 67.0 Å². The fourth-order valence-corrected chi connectivity index (χ4v) is 3.46. The number of benzene rings is 2. The van der Waals surface area contributed by atoms with Crippen molar-refractivity contribution in [2.75, 3.05) is 16.3 Å². The molecule has 0 saturated heterocycles. The summed E-state index contributed by atoms with van der Waals surface area (Å²) in [5.74, 6) is -4.02. The number of imidazole rings is 1. The largest absolute Gasteiger partial charge is 0.480 e. The number of nitrogens with zero attached hydrogens (tertiary/aromatic N) is 6. The summed E-state index contributed by atoms with van der Waals surface area (Å²) in [6.45, 7) is -0.204. The fraction of sp³-hybridized carbons (Fsp3) is 0.125. The second-order valence-electron chi connectivity index (χ2n) is 7.64. The van der Waals surface area contributed by atoms with E-state index in [1.54, 1.807) is 60.7 Å². The van der Waals surface area contributed by atoms with E-state index in [0.29, 0.717) is 11.4 Å². The number of aromatic nitrogens is 4. The molecule has 0 atom stereocenters. The van der Waals surface area contributed by atoms with E-state index in [2.05, 4.69) is 15.0 Å². The third-order valence-corrected chi connectivity index (χ3v) is 5.04. The smallest absolute Gasteiger partial charge is 0.425 e. The molecule has 2 aromatic carbocycles. The van der Waals surface area contributed by atoms with Crippen molar-refractivity contribution >= 4 is 52.4 Å². The van der Waals surface area contributed by atoms with Gasteiger partial charge in [-0.3, -0.25) is 19.3 Å². The second kappa shape index (κ2) is 10.5. The van der Waals surface area contributed by atoms with Crippen molar-refractivity contribution in [3.8, 4) is 5.88 Å². The van der Waals surface area contributed by atoms with Gasteiger partial charge in [-0.1, -0.05) is 36.4 Å². The Labute approximate surface area is 209 Å². The monoisotopic (exact) mass is 504 g/mol. The highest BCUT2D eigenvalue weighted by Crippen LogP contribution is 2.29. The normalized spacial score (nSPS) is 10.6. The van der Waals surface area contributed by atoms with Crippen LogP contribution in [0.3, 0.4) is 0 Å². The average molecular weight is 504 g/mol. The SMILES string of the molecule is CC(=O)N(CC(=O)O)c1nc(OC(=O)N(c2ccccc2)c2ccccc2)c2ncn(CC(=O)O)c2n1. The molecule has 0 aliphatic rings. The molecule has 0 saturated carbocycles. The molecule has 0 fully saturated rings. The zero-order chi connectivity index (χ0) is 26.5. The Hall–Kier alpha value is -5.33. The zero-order valence-corrected chi connectivity index (χ0v) is 19.4. The first-order chi connectivity index (χ1) is 17.7. The molecule has 13 heteroatoms. The number of carboxylic acid groups (broad SMARTS) is 2. The van der Waals surface area contributed by atoms with E-state index in [1.807, 2.05) is 0 Å². The van der Waals surface area contributed by atoms with Crippen LogP contribution in [0.15, 0.2) is 67.0 Å². The molecule has 13 nitrogen and oxygen atoms in total. The van der Waals surface area contributed by atoms with E-state index in [0.717, 1.165) is 22.7 Å². The van der Waals surface area contributed by atoms with E-state index in [-0.39, 0.29) is 17.0 Å². The van der Waals surface area contributed by atoms with E-state index >= 15 is 0 Å². The van der Waals surface area contributed by atoms with E-state index in [1.165, 1.54) is 4.90 Å². The number of carboxylic acids is 2. The molecule has 4 aromatic rings. The highest BCUT2D eigenvalue weighted by Gasteiger charge is 2.27. The van der Waals surface area contributed by atoms with Crippen LogP contribution < -0.4 is 14.5 Å². The number of carbonyl (C=O) groups excluding carboxylic acids is 2. The van der Waals surface area contributed by atoms with Gasteiger partial charge in [0.25, 0.3) is 5.88 Å². The van der Waals surface area contributed by atoms with Gasteiger partial charge < -0.3 is 19.5 Å². The highest BCUT2D eigenvalue weighted by atomic mass is 16.6. The van der Waals surface area contributed by atoms with Crippen LogP contribution in [0.5, 0.6) is 5.88 Å². The summed E-state index contributed by atoms with van der Waals surface area (Å²) in [5, 5.41) is 18.5. The molecule has 188 valence electrons. The quantitative estimate of drug-likeness (QED) is 0.364. The third-order valence-electron chi connectivity index (χ3n) is 5.04. The predicted molar refractivity (Wildman–Crippen MR) is 130 cm³/mol. The second-order valence-corrected chi connectivity index (χ2v) is 7.64. The minimum Gasteiger partial charge on any atom is -0.480 e. The Kier molecular flexibility index (Phi) is 7.04. The predicted octanol–water partition coefficient (Wildman–Crippen LogP) is 2.69. The lowest BCUT2D eigenvalue weighted by Crippen LogP contribution is -2.35. The molecular formula is C24H20N6O7. The number of para-hydroxylation sites is 2. The summed E-state index contributed by atoms with van der Waals surface area (Å²) in [4.78, 5) is 62.7. The average Bonchev–Trinajstić information content (AvgIpc) is 3.26. The number of ether oxygens (including phenoxy) is 1. The number of anilines is 3. The molecule has 0 unspecified atom stereocenters. The molecule has 2 N–H and O–H groups in total. The third kappa shape index (κ3) is 5.51. The Morgan fingerprint density at radius 3 is 2.00 bits per heavy atom. The summed E-state index contributed by atoms with van der Waals surface area (Å²) in [5.41, 5.74) is 0.838. The lowest BCUT2D eigenvalue weighted by Gasteiger charge is -2.22. The Bertz CT molecular complexity index is 1430. The van der Waals surface area contributed by atoms with Crippen LogP contribution in [-0.2, 0) is 20.9 Å². The molecular weight excluding hydrogens is 484 g/mol. The lowest BCUT2D eigenvalue weighted by molar-refractivity contribution is -0.138. The Balaban J connectivity index is 1.83. The summed E-state index contributed by atoms with van der Waals surface area (Å²) >= 11 is 0. The molecule has 2 heterocycles. The number of hydrogen-bond acceptors (Lipinski definition) is 8. The number of aliphatic carboxylic acids is 2. The highest BCUT2D eigenvalue weighted by molar-refractivity contribution is 5.99. The van der Waals surface area contributed by atoms with Crippen molar-refractivity contribution in [2.45, 2.75) is 13.5 Å². The number of amides is 2. The van der Waals surface area contributed by atoms with Crippen molar-refractivity contribution < 1.29 is 34.1 Å². The molecule has 0 radical (unpaired) electrons. The molecule has 4 rings (SSSR count). The summed E-state index contributed by atoms with van der Waals surface area (Å²) < 4.78 is 6.76. The van der Waals surface area contributed by atoms with Gasteiger partial charge >= 0.3 is 18.0 Å². The van der Waals surface area contributed by atoms with Crippen LogP contribution >= 0.6 is 0 Å². The van der Waals surface area contributed by atoms with Gasteiger partial charge in [0.1, 0.15) is 13.1 Å². The first-order valence-electron chi connectivity index (χ1n) is 10.8. The number of fused-ring (bicyclic) bond motifs is 1. The molecule has 0 aliphatic carbocycles. The minimum absolute atomic E-state index is 0.0572. The fourth-order valence-electron chi connectivity index (χ4n) is 3.46. The molecule has 2 amide bonds. The molecule has 0 bridgehead atoms. The topological polar surface area (TPSA) is 168 Å². The van der Waals surface area contributed by atoms with Crippen molar-refractivity contribution in [1.82, 2.24) is 19.5 Å². The number of carbonyl (C=O) groups is 4. The standard InChI is InChI=1S/C24H20N6O7/c1-15(31)29(13-19(34)35)23-26-21-20(25-14-28(21)12-18(32)33)22(27-23)37-24(36)30(16-8-4-2-5-9-16)17-10-6-3-7-11-17/h2-11,14H,12-13H2,1H3,(H,32,33)(H,34,35). The van der Waals surface area contributed by atoms with E-state index in [9.17, 15) is 29.4 Å². The zero-order valence-electron chi connectivity index (χ0n) is 19.4. The van der Waals surface area contributed by atoms with Crippen molar-refractivity contribution in [2.24, 2.45) is 0 Å². The molecule has 0 aliphatic heterocycles. The van der Waals surface area contributed by atoms with Crippen LogP contribution in [0.4, 0.5) is 22.1 Å². The maximum Gasteiger partial charge on any atom is 0.425 e. The Morgan fingerprint density at radius 2 is 1.49 bits per heavy atom. The lowest BCUT2D eigenvalue weighted by atomic mass is 10.2. The summed E-state index contributed by atoms with van der Waals surface area (Å²) in [6, 6.07) is 17.3. The summed E-state index contributed by atoms with van der Waals surface area (Å²) in [7, 11) is 0. The molecule has 0 spiro atoms. The molecule has 2 aromatic heterocycles. The van der Waals surface area contributed by atoms with Crippen LogP contribution in [0.1, 0.15) is 6.92 Å². The summed E-state index contributed by atoms with van der Waals surface area (Å²) in [6.07, 6.45) is 0.277.